The molecule has 1 atom stereocenters. The Morgan fingerprint density at radius 2 is 1.49 bits per heavy atom. The Morgan fingerprint density at radius 1 is 0.878 bits per heavy atom. The summed E-state index contributed by atoms with van der Waals surface area (Å²) in [6.45, 7) is 11.5. The number of amides is 3. The number of para-hydroxylation sites is 1. The van der Waals surface area contributed by atoms with Gasteiger partial charge in [-0.25, -0.2) is 4.98 Å². The summed E-state index contributed by atoms with van der Waals surface area (Å²) < 4.78 is 0. The van der Waals surface area contributed by atoms with Gasteiger partial charge in [-0.05, 0) is 58.2 Å². The van der Waals surface area contributed by atoms with Crippen molar-refractivity contribution in [1.82, 2.24) is 25.1 Å². The maximum Gasteiger partial charge on any atom is 0.246 e. The maximum atomic E-state index is 12.9. The van der Waals surface area contributed by atoms with E-state index < -0.39 is 6.04 Å². The third-order valence-corrected chi connectivity index (χ3v) is 8.21. The molecule has 10 nitrogen and oxygen atoms in total. The highest BCUT2D eigenvalue weighted by Gasteiger charge is 2.30. The fourth-order valence-corrected chi connectivity index (χ4v) is 5.60. The van der Waals surface area contributed by atoms with Crippen LogP contribution in [-0.4, -0.2) is 82.5 Å². The van der Waals surface area contributed by atoms with Gasteiger partial charge in [-0.1, -0.05) is 88.9 Å². The van der Waals surface area contributed by atoms with Crippen LogP contribution >= 0.6 is 0 Å². The number of nitrogens with two attached hydrogens (primary N) is 1. The fourth-order valence-electron chi connectivity index (χ4n) is 5.60. The number of imidazole rings is 1. The number of benzene rings is 2. The van der Waals surface area contributed by atoms with Crippen molar-refractivity contribution in [1.29, 1.82) is 0 Å². The molecule has 0 radical (unpaired) electrons. The van der Waals surface area contributed by atoms with Crippen LogP contribution in [0.4, 0.5) is 0 Å². The van der Waals surface area contributed by atoms with Crippen LogP contribution in [0, 0.1) is 0 Å². The number of likely N-dealkylation sites (N-methyl/N-ethyl adjacent to an activating group) is 1. The largest absolute Gasteiger partial charge is 0.345 e. The molecule has 272 valence electrons. The van der Waals surface area contributed by atoms with Crippen LogP contribution in [0.3, 0.4) is 0 Å². The van der Waals surface area contributed by atoms with Gasteiger partial charge >= 0.3 is 0 Å². The molecule has 2 aromatic carbocycles. The van der Waals surface area contributed by atoms with E-state index in [0.29, 0.717) is 25.8 Å². The van der Waals surface area contributed by atoms with Crippen molar-refractivity contribution < 1.29 is 19.2 Å². The number of carbonyl (C=O) groups excluding carboxylic acids is 4. The number of likely N-dealkylation sites (tertiary alicyclic amines) is 1. The van der Waals surface area contributed by atoms with Gasteiger partial charge in [0.05, 0.1) is 17.4 Å². The lowest BCUT2D eigenvalue weighted by Gasteiger charge is -2.29. The fraction of sp³-hybridized carbons (Fsp3) is 0.564. The van der Waals surface area contributed by atoms with E-state index in [1.165, 1.54) is 18.2 Å². The number of Topliss-reactive ketones (excluding diaryl/α,β-unsaturated/α-hetero) is 1. The maximum absolute atomic E-state index is 12.9. The minimum absolute atomic E-state index is 0.0408. The first kappa shape index (κ1) is 43.0. The van der Waals surface area contributed by atoms with Crippen LogP contribution in [0.2, 0.25) is 0 Å². The molecule has 2 heterocycles. The van der Waals surface area contributed by atoms with Crippen LogP contribution in [0.25, 0.3) is 22.2 Å². The summed E-state index contributed by atoms with van der Waals surface area (Å²) in [5, 5.41) is 2.82. The van der Waals surface area contributed by atoms with Crippen molar-refractivity contribution in [3.8, 4) is 11.1 Å². The van der Waals surface area contributed by atoms with E-state index in [1.807, 2.05) is 51.1 Å². The molecule has 1 saturated heterocycles. The van der Waals surface area contributed by atoms with Gasteiger partial charge in [-0.2, -0.15) is 0 Å². The summed E-state index contributed by atoms with van der Waals surface area (Å²) in [4.78, 5) is 59.3. The highest BCUT2D eigenvalue weighted by Crippen LogP contribution is 2.25. The predicted molar refractivity (Wildman–Crippen MR) is 201 cm³/mol. The van der Waals surface area contributed by atoms with Crippen molar-refractivity contribution in [2.45, 2.75) is 111 Å². The van der Waals surface area contributed by atoms with Gasteiger partial charge in [-0.15, -0.1) is 0 Å². The Morgan fingerprint density at radius 3 is 2.08 bits per heavy atom. The molecule has 3 aromatic rings. The zero-order valence-corrected chi connectivity index (χ0v) is 30.9. The molecule has 1 aliphatic rings. The van der Waals surface area contributed by atoms with E-state index in [-0.39, 0.29) is 30.0 Å². The Kier molecular flexibility index (Phi) is 22.7. The van der Waals surface area contributed by atoms with Crippen molar-refractivity contribution in [2.75, 3.05) is 33.2 Å². The number of unbranched alkanes of at least 4 members (excludes halogenated alkanes) is 5. The second-order valence-corrected chi connectivity index (χ2v) is 11.7. The first-order valence-corrected chi connectivity index (χ1v) is 18.2. The Labute approximate surface area is 294 Å². The number of hydrogen-bond acceptors (Lipinski definition) is 6. The highest BCUT2D eigenvalue weighted by molar-refractivity contribution is 5.91. The second-order valence-electron chi connectivity index (χ2n) is 11.7. The molecule has 4 rings (SSSR count). The average Bonchev–Trinajstić information content (AvgIpc) is 3.86. The normalized spacial score (nSPS) is 12.3. The van der Waals surface area contributed by atoms with E-state index in [2.05, 4.69) is 39.2 Å². The molecule has 0 saturated carbocycles. The minimum Gasteiger partial charge on any atom is -0.345 e. The van der Waals surface area contributed by atoms with Crippen LogP contribution < -0.4 is 11.1 Å². The lowest BCUT2D eigenvalue weighted by Crippen LogP contribution is -2.54. The van der Waals surface area contributed by atoms with Crippen LogP contribution in [0.1, 0.15) is 105 Å². The van der Waals surface area contributed by atoms with Gasteiger partial charge in [0.25, 0.3) is 0 Å². The van der Waals surface area contributed by atoms with Crippen molar-refractivity contribution >= 4 is 34.5 Å². The zero-order chi connectivity index (χ0) is 36.4. The number of rotatable bonds is 16. The Balaban J connectivity index is 0.000000520. The van der Waals surface area contributed by atoms with Crippen molar-refractivity contribution in [2.24, 2.45) is 5.73 Å². The molecule has 0 bridgehead atoms. The first-order valence-electron chi connectivity index (χ1n) is 18.2. The van der Waals surface area contributed by atoms with Crippen LogP contribution in [0.15, 0.2) is 54.9 Å². The first-order chi connectivity index (χ1) is 23.8. The third kappa shape index (κ3) is 15.8. The van der Waals surface area contributed by atoms with Crippen molar-refractivity contribution in [3.63, 3.8) is 0 Å². The number of nitrogens with zero attached hydrogens (tertiary/aromatic N) is 3. The van der Waals surface area contributed by atoms with Gasteiger partial charge < -0.3 is 30.6 Å². The number of H-pyrrole nitrogens is 1. The molecule has 10 heteroatoms. The second kappa shape index (κ2) is 25.9. The molecule has 3 amide bonds. The SMILES string of the molecule is CC.CCC(=O)N[C@@H](CN(CC)C(=O)CCCCCCCCC(C)=O)C(=O)N1CCCC1.CN.c1ccc(-c2cccc3[nH]cnc23)cc1. The number of ketones is 1. The van der Waals surface area contributed by atoms with Gasteiger partial charge in [-0.3, -0.25) is 14.4 Å². The highest BCUT2D eigenvalue weighted by atomic mass is 16.2. The van der Waals surface area contributed by atoms with E-state index in [4.69, 9.17) is 0 Å². The molecule has 1 fully saturated rings. The average molecular weight is 679 g/mol. The summed E-state index contributed by atoms with van der Waals surface area (Å²) >= 11 is 0. The molecule has 0 spiro atoms. The van der Waals surface area contributed by atoms with E-state index >= 15 is 0 Å². The number of aromatic nitrogens is 2. The van der Waals surface area contributed by atoms with E-state index in [9.17, 15) is 19.2 Å². The van der Waals surface area contributed by atoms with Crippen LogP contribution in [-0.2, 0) is 19.2 Å². The summed E-state index contributed by atoms with van der Waals surface area (Å²) in [6.07, 6.45) is 11.2. The Bertz CT molecular complexity index is 1350. The summed E-state index contributed by atoms with van der Waals surface area (Å²) in [6, 6.07) is 15.8. The summed E-state index contributed by atoms with van der Waals surface area (Å²) in [5.41, 5.74) is 8.99. The number of aromatic amines is 1. The Hall–Kier alpha value is -4.05. The smallest absolute Gasteiger partial charge is 0.246 e. The lowest BCUT2D eigenvalue weighted by molar-refractivity contribution is -0.138. The molecule has 4 N–H and O–H groups in total. The van der Waals surface area contributed by atoms with Gasteiger partial charge in [0.2, 0.25) is 17.7 Å². The van der Waals surface area contributed by atoms with Gasteiger partial charge in [0.15, 0.2) is 0 Å². The monoisotopic (exact) mass is 678 g/mol. The van der Waals surface area contributed by atoms with Crippen LogP contribution in [0.5, 0.6) is 0 Å². The van der Waals surface area contributed by atoms with Crippen molar-refractivity contribution in [3.05, 3.63) is 54.9 Å². The molecule has 1 aliphatic heterocycles. The van der Waals surface area contributed by atoms with Gasteiger partial charge in [0, 0.05) is 51.0 Å². The number of hydrogen-bond donors (Lipinski definition) is 3. The van der Waals surface area contributed by atoms with E-state index in [0.717, 1.165) is 75.5 Å². The zero-order valence-electron chi connectivity index (χ0n) is 30.9. The quantitative estimate of drug-likeness (QED) is 0.141. The topological polar surface area (TPSA) is 141 Å². The molecule has 49 heavy (non-hydrogen) atoms. The molecule has 0 unspecified atom stereocenters. The lowest BCUT2D eigenvalue weighted by atomic mass is 10.0. The molecule has 0 aliphatic carbocycles. The number of carbonyl (C=O) groups is 4. The summed E-state index contributed by atoms with van der Waals surface area (Å²) in [5.74, 6) is 0.0443. The predicted octanol–water partition coefficient (Wildman–Crippen LogP) is 6.89. The molecular formula is C39H62N6O4. The number of nitrogens with one attached hydrogen (secondary N) is 2. The standard InChI is InChI=1S/C23H41N3O4.C13H10N2.C2H6.CH5N/c1-4-21(28)24-20(23(30)26-16-12-13-17-26)18-25(5-2)22(29)15-11-9-7-6-8-10-14-19(3)27;1-2-5-10(6-3-1)11-7-4-8-12-13(11)15-9-14-12;2*1-2/h20H,4-18H2,1-3H3,(H,24,28);1-9H,(H,14,15);1-2H3;2H2,1H3/t20-;;;/m0.../s1. The third-order valence-electron chi connectivity index (χ3n) is 8.21. The molecule has 1 aromatic heterocycles. The van der Waals surface area contributed by atoms with E-state index in [1.54, 1.807) is 30.0 Å². The summed E-state index contributed by atoms with van der Waals surface area (Å²) in [7, 11) is 1.50. The number of fused-ring (bicyclic) bond motifs is 1. The van der Waals surface area contributed by atoms with Gasteiger partial charge in [0.1, 0.15) is 11.8 Å². The minimum atomic E-state index is -0.666. The molecular weight excluding hydrogens is 616 g/mol.